The number of hydrogen-bond donors (Lipinski definition) is 1. The van der Waals surface area contributed by atoms with E-state index in [1.807, 2.05) is 0 Å². The number of nitrogens with one attached hydrogen (secondary N) is 1. The van der Waals surface area contributed by atoms with E-state index in [-0.39, 0.29) is 11.7 Å². The molecule has 114 valence electrons. The quantitative estimate of drug-likeness (QED) is 0.926. The highest BCUT2D eigenvalue weighted by molar-refractivity contribution is 7.10. The summed E-state index contributed by atoms with van der Waals surface area (Å²) in [6, 6.07) is 4.22. The number of carbonyl (C=O) groups excluding carboxylic acids is 1. The molecule has 1 amide bonds. The zero-order valence-electron chi connectivity index (χ0n) is 12.4. The van der Waals surface area contributed by atoms with E-state index in [1.165, 1.54) is 37.2 Å². The van der Waals surface area contributed by atoms with Crippen LogP contribution in [0, 0.1) is 0 Å². The van der Waals surface area contributed by atoms with E-state index in [9.17, 15) is 4.79 Å². The third-order valence-corrected chi connectivity index (χ3v) is 5.99. The maximum atomic E-state index is 12.7. The Morgan fingerprint density at radius 2 is 2.05 bits per heavy atom. The molecule has 4 rings (SSSR count). The number of likely N-dealkylation sites (tertiary alicyclic amines) is 1. The summed E-state index contributed by atoms with van der Waals surface area (Å²) in [5, 5.41) is 5.70. The molecule has 2 saturated heterocycles. The van der Waals surface area contributed by atoms with Gasteiger partial charge in [0.15, 0.2) is 0 Å². The number of hydrogen-bond acceptors (Lipinski definition) is 4. The lowest BCUT2D eigenvalue weighted by Crippen LogP contribution is -2.40. The second kappa shape index (κ2) is 5.38. The van der Waals surface area contributed by atoms with E-state index in [0.29, 0.717) is 5.91 Å². The zero-order chi connectivity index (χ0) is 14.3. The Labute approximate surface area is 130 Å². The summed E-state index contributed by atoms with van der Waals surface area (Å²) in [6.07, 6.45) is 6.10. The van der Waals surface area contributed by atoms with Crippen molar-refractivity contribution in [2.75, 3.05) is 26.2 Å². The molecule has 3 heterocycles. The van der Waals surface area contributed by atoms with Crippen molar-refractivity contribution >= 4 is 17.2 Å². The molecule has 1 aliphatic carbocycles. The summed E-state index contributed by atoms with van der Waals surface area (Å²) in [7, 11) is 0. The van der Waals surface area contributed by atoms with Gasteiger partial charge in [0, 0.05) is 18.0 Å². The smallest absolute Gasteiger partial charge is 0.244 e. The molecule has 5 heteroatoms. The SMILES string of the molecule is O=C1N(CCN2CCCCC2)C(c2cccs2)NC12CC2. The molecule has 1 atom stereocenters. The van der Waals surface area contributed by atoms with Gasteiger partial charge in [-0.3, -0.25) is 10.1 Å². The Bertz CT molecular complexity index is 506. The standard InChI is InChI=1S/C16H23N3OS/c20-15-16(6-7-16)17-14(13-5-4-12-21-13)19(15)11-10-18-8-2-1-3-9-18/h4-5,12,14,17H,1-3,6-11H2. The Balaban J connectivity index is 1.46. The lowest BCUT2D eigenvalue weighted by Gasteiger charge is -2.30. The summed E-state index contributed by atoms with van der Waals surface area (Å²) < 4.78 is 0. The number of carbonyl (C=O) groups is 1. The first-order valence-electron chi connectivity index (χ1n) is 8.13. The number of amides is 1. The summed E-state index contributed by atoms with van der Waals surface area (Å²) >= 11 is 1.75. The van der Waals surface area contributed by atoms with Gasteiger partial charge in [0.05, 0.1) is 0 Å². The van der Waals surface area contributed by atoms with Crippen LogP contribution in [0.15, 0.2) is 17.5 Å². The predicted octanol–water partition coefficient (Wildman–Crippen LogP) is 2.20. The fourth-order valence-corrected chi connectivity index (χ4v) is 4.40. The monoisotopic (exact) mass is 305 g/mol. The molecule has 0 aromatic carbocycles. The highest BCUT2D eigenvalue weighted by atomic mass is 32.1. The average molecular weight is 305 g/mol. The Morgan fingerprint density at radius 3 is 2.71 bits per heavy atom. The Hall–Kier alpha value is -0.910. The van der Waals surface area contributed by atoms with Gasteiger partial charge in [0.1, 0.15) is 11.7 Å². The molecule has 1 aromatic heterocycles. The van der Waals surface area contributed by atoms with Crippen LogP contribution in [-0.4, -0.2) is 47.4 Å². The fraction of sp³-hybridized carbons (Fsp3) is 0.688. The van der Waals surface area contributed by atoms with Crippen LogP contribution in [0.2, 0.25) is 0 Å². The second-order valence-corrected chi connectivity index (χ2v) is 7.52. The third kappa shape index (κ3) is 2.51. The number of nitrogens with zero attached hydrogens (tertiary/aromatic N) is 2. The fourth-order valence-electron chi connectivity index (χ4n) is 3.61. The van der Waals surface area contributed by atoms with Crippen molar-refractivity contribution < 1.29 is 4.79 Å². The molecule has 4 nitrogen and oxygen atoms in total. The van der Waals surface area contributed by atoms with Crippen LogP contribution in [0.4, 0.5) is 0 Å². The average Bonchev–Trinajstić information content (AvgIpc) is 2.99. The number of rotatable bonds is 4. The van der Waals surface area contributed by atoms with Crippen LogP contribution in [0.1, 0.15) is 43.1 Å². The van der Waals surface area contributed by atoms with E-state index >= 15 is 0 Å². The van der Waals surface area contributed by atoms with E-state index < -0.39 is 0 Å². The van der Waals surface area contributed by atoms with Crippen LogP contribution >= 0.6 is 11.3 Å². The van der Waals surface area contributed by atoms with Crippen LogP contribution in [0.25, 0.3) is 0 Å². The molecule has 0 radical (unpaired) electrons. The van der Waals surface area contributed by atoms with Crippen molar-refractivity contribution in [1.29, 1.82) is 0 Å². The molecule has 3 fully saturated rings. The van der Waals surface area contributed by atoms with Crippen molar-refractivity contribution in [3.63, 3.8) is 0 Å². The van der Waals surface area contributed by atoms with E-state index in [2.05, 4.69) is 32.6 Å². The van der Waals surface area contributed by atoms with Crippen molar-refractivity contribution in [1.82, 2.24) is 15.1 Å². The van der Waals surface area contributed by atoms with E-state index in [0.717, 1.165) is 25.9 Å². The van der Waals surface area contributed by atoms with Gasteiger partial charge in [-0.25, -0.2) is 0 Å². The zero-order valence-corrected chi connectivity index (χ0v) is 13.2. The largest absolute Gasteiger partial charge is 0.319 e. The van der Waals surface area contributed by atoms with Gasteiger partial charge in [0.2, 0.25) is 5.91 Å². The van der Waals surface area contributed by atoms with Crippen LogP contribution in [-0.2, 0) is 4.79 Å². The first-order valence-corrected chi connectivity index (χ1v) is 9.01. The molecule has 2 aliphatic heterocycles. The predicted molar refractivity (Wildman–Crippen MR) is 84.2 cm³/mol. The maximum absolute atomic E-state index is 12.7. The summed E-state index contributed by atoms with van der Waals surface area (Å²) in [5.41, 5.74) is -0.212. The lowest BCUT2D eigenvalue weighted by molar-refractivity contribution is -0.131. The third-order valence-electron chi connectivity index (χ3n) is 5.06. The molecule has 1 saturated carbocycles. The van der Waals surface area contributed by atoms with Gasteiger partial charge < -0.3 is 9.80 Å². The molecular weight excluding hydrogens is 282 g/mol. The summed E-state index contributed by atoms with van der Waals surface area (Å²) in [4.78, 5) is 18.6. The minimum atomic E-state index is -0.212. The molecule has 21 heavy (non-hydrogen) atoms. The highest BCUT2D eigenvalue weighted by Crippen LogP contribution is 2.46. The van der Waals surface area contributed by atoms with Gasteiger partial charge >= 0.3 is 0 Å². The lowest BCUT2D eigenvalue weighted by atomic mass is 10.1. The molecule has 0 bridgehead atoms. The highest BCUT2D eigenvalue weighted by Gasteiger charge is 2.59. The van der Waals surface area contributed by atoms with E-state index in [4.69, 9.17) is 0 Å². The van der Waals surface area contributed by atoms with E-state index in [1.54, 1.807) is 11.3 Å². The summed E-state index contributed by atoms with van der Waals surface area (Å²) in [5.74, 6) is 0.331. The first kappa shape index (κ1) is 13.7. The summed E-state index contributed by atoms with van der Waals surface area (Å²) in [6.45, 7) is 4.27. The van der Waals surface area contributed by atoms with Crippen molar-refractivity contribution in [2.24, 2.45) is 0 Å². The minimum Gasteiger partial charge on any atom is -0.319 e. The molecule has 1 N–H and O–H groups in total. The van der Waals surface area contributed by atoms with Crippen LogP contribution < -0.4 is 5.32 Å². The molecule has 3 aliphatic rings. The molecular formula is C16H23N3OS. The minimum absolute atomic E-state index is 0.102. The van der Waals surface area contributed by atoms with Gasteiger partial charge in [-0.15, -0.1) is 11.3 Å². The number of piperidine rings is 1. The Kier molecular flexibility index (Phi) is 3.52. The molecule has 1 spiro atoms. The van der Waals surface area contributed by atoms with Gasteiger partial charge in [-0.1, -0.05) is 12.5 Å². The van der Waals surface area contributed by atoms with Crippen LogP contribution in [0.3, 0.4) is 0 Å². The van der Waals surface area contributed by atoms with Gasteiger partial charge in [-0.05, 0) is 50.2 Å². The Morgan fingerprint density at radius 1 is 1.24 bits per heavy atom. The first-order chi connectivity index (χ1) is 10.3. The van der Waals surface area contributed by atoms with Crippen molar-refractivity contribution in [3.05, 3.63) is 22.4 Å². The second-order valence-electron chi connectivity index (χ2n) is 6.55. The molecule has 1 unspecified atom stereocenters. The topological polar surface area (TPSA) is 35.6 Å². The van der Waals surface area contributed by atoms with Crippen molar-refractivity contribution in [2.45, 2.75) is 43.8 Å². The van der Waals surface area contributed by atoms with Gasteiger partial charge in [-0.2, -0.15) is 0 Å². The van der Waals surface area contributed by atoms with Crippen LogP contribution in [0.5, 0.6) is 0 Å². The van der Waals surface area contributed by atoms with Gasteiger partial charge in [0.25, 0.3) is 0 Å². The molecule has 1 aromatic rings. The maximum Gasteiger partial charge on any atom is 0.244 e. The van der Waals surface area contributed by atoms with Crippen molar-refractivity contribution in [3.8, 4) is 0 Å². The normalized spacial score (nSPS) is 28.5. The number of thiophene rings is 1.